The maximum Gasteiger partial charge on any atom is 0.257 e. The monoisotopic (exact) mass is 258 g/mol. The highest BCUT2D eigenvalue weighted by Crippen LogP contribution is 2.15. The van der Waals surface area contributed by atoms with E-state index in [1.54, 1.807) is 14.0 Å². The first-order valence-corrected chi connectivity index (χ1v) is 5.52. The highest BCUT2D eigenvalue weighted by atomic mass is 19.1. The lowest BCUT2D eigenvalue weighted by atomic mass is 10.1. The summed E-state index contributed by atoms with van der Waals surface area (Å²) in [5.74, 6) is -0.817. The van der Waals surface area contributed by atoms with Crippen molar-refractivity contribution in [2.45, 2.75) is 6.92 Å². The first-order chi connectivity index (χ1) is 9.01. The van der Waals surface area contributed by atoms with Gasteiger partial charge in [0.05, 0.1) is 0 Å². The molecule has 0 unspecified atom stereocenters. The van der Waals surface area contributed by atoms with Gasteiger partial charge in [0.2, 0.25) is 0 Å². The third kappa shape index (κ3) is 2.60. The molecular weight excluding hydrogens is 247 g/mol. The predicted octanol–water partition coefficient (Wildman–Crippen LogP) is 1.99. The molecule has 1 amide bonds. The van der Waals surface area contributed by atoms with Crippen molar-refractivity contribution in [3.05, 3.63) is 46.9 Å². The molecule has 0 spiro atoms. The number of aromatic nitrogens is 2. The van der Waals surface area contributed by atoms with Crippen molar-refractivity contribution < 1.29 is 9.18 Å². The van der Waals surface area contributed by atoms with Crippen LogP contribution >= 0.6 is 0 Å². The lowest BCUT2D eigenvalue weighted by molar-refractivity contribution is 0.102. The van der Waals surface area contributed by atoms with Crippen molar-refractivity contribution in [3.63, 3.8) is 0 Å². The molecule has 0 bridgehead atoms. The van der Waals surface area contributed by atoms with E-state index in [9.17, 15) is 9.18 Å². The number of hydrogen-bond acceptors (Lipinski definition) is 3. The number of nitrogens with one attached hydrogen (secondary N) is 1. The molecule has 1 aromatic heterocycles. The van der Waals surface area contributed by atoms with Crippen LogP contribution in [-0.2, 0) is 7.05 Å². The molecule has 1 N–H and O–H groups in total. The molecule has 0 saturated heterocycles. The van der Waals surface area contributed by atoms with Crippen LogP contribution in [0.4, 0.5) is 10.2 Å². The van der Waals surface area contributed by atoms with E-state index in [2.05, 4.69) is 10.4 Å². The second-order valence-electron chi connectivity index (χ2n) is 4.09. The quantitative estimate of drug-likeness (QED) is 0.895. The number of halogens is 1. The largest absolute Gasteiger partial charge is 0.304 e. The molecule has 6 heteroatoms. The molecule has 2 rings (SSSR count). The molecule has 0 aliphatic heterocycles. The topological polar surface area (TPSA) is 70.7 Å². The maximum atomic E-state index is 13.1. The Hall–Kier alpha value is -2.68. The summed E-state index contributed by atoms with van der Waals surface area (Å²) in [6.07, 6.45) is 1.49. The van der Waals surface area contributed by atoms with Gasteiger partial charge in [-0.15, -0.1) is 0 Å². The lowest BCUT2D eigenvalue weighted by Gasteiger charge is -2.05. The minimum Gasteiger partial charge on any atom is -0.304 e. The number of aryl methyl sites for hydroxylation is 2. The number of hydrogen-bond donors (Lipinski definition) is 1. The van der Waals surface area contributed by atoms with E-state index in [4.69, 9.17) is 5.26 Å². The maximum absolute atomic E-state index is 13.1. The molecule has 2 aromatic rings. The normalized spacial score (nSPS) is 10.0. The van der Waals surface area contributed by atoms with Gasteiger partial charge in [0.25, 0.3) is 5.91 Å². The number of nitrogens with zero attached hydrogens (tertiary/aromatic N) is 3. The van der Waals surface area contributed by atoms with E-state index in [1.165, 1.54) is 23.0 Å². The van der Waals surface area contributed by atoms with Gasteiger partial charge in [0, 0.05) is 18.8 Å². The first kappa shape index (κ1) is 12.8. The highest BCUT2D eigenvalue weighted by molar-refractivity contribution is 6.05. The van der Waals surface area contributed by atoms with Crippen LogP contribution in [0.1, 0.15) is 21.5 Å². The summed E-state index contributed by atoms with van der Waals surface area (Å²) >= 11 is 0. The van der Waals surface area contributed by atoms with Gasteiger partial charge in [-0.2, -0.15) is 10.4 Å². The van der Waals surface area contributed by atoms with Gasteiger partial charge in [-0.3, -0.25) is 9.48 Å². The Labute approximate surface area is 109 Å². The number of anilines is 1. The third-order valence-corrected chi connectivity index (χ3v) is 2.63. The smallest absolute Gasteiger partial charge is 0.257 e. The molecule has 1 aromatic carbocycles. The molecule has 96 valence electrons. The van der Waals surface area contributed by atoms with Crippen molar-refractivity contribution in [1.29, 1.82) is 5.26 Å². The van der Waals surface area contributed by atoms with Crippen molar-refractivity contribution in [2.24, 2.45) is 7.05 Å². The Morgan fingerprint density at radius 2 is 2.26 bits per heavy atom. The summed E-state index contributed by atoms with van der Waals surface area (Å²) in [5, 5.41) is 15.4. The average molecular weight is 258 g/mol. The molecule has 0 fully saturated rings. The van der Waals surface area contributed by atoms with Crippen LogP contribution < -0.4 is 5.32 Å². The van der Waals surface area contributed by atoms with Gasteiger partial charge in [0.1, 0.15) is 17.4 Å². The van der Waals surface area contributed by atoms with E-state index in [1.807, 2.05) is 6.07 Å². The van der Waals surface area contributed by atoms with Gasteiger partial charge in [-0.25, -0.2) is 4.39 Å². The van der Waals surface area contributed by atoms with Crippen LogP contribution in [0.5, 0.6) is 0 Å². The molecule has 5 nitrogen and oxygen atoms in total. The van der Waals surface area contributed by atoms with Crippen molar-refractivity contribution in [2.75, 3.05) is 5.32 Å². The number of benzene rings is 1. The van der Waals surface area contributed by atoms with Crippen molar-refractivity contribution in [3.8, 4) is 6.07 Å². The second kappa shape index (κ2) is 4.90. The number of carbonyl (C=O) groups excluding carboxylic acids is 1. The second-order valence-corrected chi connectivity index (χ2v) is 4.09. The number of nitriles is 1. The molecular formula is C13H11FN4O. The van der Waals surface area contributed by atoms with E-state index in [0.29, 0.717) is 5.56 Å². The zero-order chi connectivity index (χ0) is 14.0. The SMILES string of the molecule is Cc1ccc(F)cc1C(=O)Nc1nn(C)cc1C#N. The Kier molecular flexibility index (Phi) is 3.29. The van der Waals surface area contributed by atoms with Crippen molar-refractivity contribution in [1.82, 2.24) is 9.78 Å². The molecule has 0 saturated carbocycles. The fraction of sp³-hybridized carbons (Fsp3) is 0.154. The zero-order valence-electron chi connectivity index (χ0n) is 10.4. The Morgan fingerprint density at radius 1 is 1.53 bits per heavy atom. The van der Waals surface area contributed by atoms with E-state index in [-0.39, 0.29) is 16.9 Å². The molecule has 0 aliphatic carbocycles. The molecule has 1 heterocycles. The molecule has 0 aliphatic rings. The van der Waals surface area contributed by atoms with Gasteiger partial charge in [-0.05, 0) is 24.6 Å². The molecule has 0 atom stereocenters. The van der Waals surface area contributed by atoms with Crippen LogP contribution in [0.15, 0.2) is 24.4 Å². The van der Waals surface area contributed by atoms with Gasteiger partial charge in [0.15, 0.2) is 5.82 Å². The summed E-state index contributed by atoms with van der Waals surface area (Å²) in [6.45, 7) is 1.71. The Balaban J connectivity index is 2.31. The van der Waals surface area contributed by atoms with Crippen LogP contribution in [0.3, 0.4) is 0 Å². The standard InChI is InChI=1S/C13H11FN4O/c1-8-3-4-10(14)5-11(8)13(19)16-12-9(6-15)7-18(2)17-12/h3-5,7H,1-2H3,(H,16,17,19). The van der Waals surface area contributed by atoms with Gasteiger partial charge >= 0.3 is 0 Å². The van der Waals surface area contributed by atoms with E-state index >= 15 is 0 Å². The summed E-state index contributed by atoms with van der Waals surface area (Å²) < 4.78 is 14.6. The highest BCUT2D eigenvalue weighted by Gasteiger charge is 2.14. The summed E-state index contributed by atoms with van der Waals surface area (Å²) in [6, 6.07) is 5.89. The first-order valence-electron chi connectivity index (χ1n) is 5.52. The molecule has 19 heavy (non-hydrogen) atoms. The third-order valence-electron chi connectivity index (χ3n) is 2.63. The van der Waals surface area contributed by atoms with Crippen molar-refractivity contribution >= 4 is 11.7 Å². The van der Waals surface area contributed by atoms with E-state index < -0.39 is 11.7 Å². The summed E-state index contributed by atoms with van der Waals surface area (Å²) in [7, 11) is 1.64. The fourth-order valence-corrected chi connectivity index (χ4v) is 1.68. The molecule has 0 radical (unpaired) electrons. The van der Waals surface area contributed by atoms with Crippen LogP contribution in [0.2, 0.25) is 0 Å². The fourth-order valence-electron chi connectivity index (χ4n) is 1.68. The van der Waals surface area contributed by atoms with E-state index in [0.717, 1.165) is 6.07 Å². The summed E-state index contributed by atoms with van der Waals surface area (Å²) in [4.78, 5) is 12.0. The minimum absolute atomic E-state index is 0.165. The Bertz CT molecular complexity index is 684. The number of amides is 1. The average Bonchev–Trinajstić information content (AvgIpc) is 2.72. The lowest BCUT2D eigenvalue weighted by Crippen LogP contribution is -2.15. The predicted molar refractivity (Wildman–Crippen MR) is 67.0 cm³/mol. The number of carbonyl (C=O) groups is 1. The number of rotatable bonds is 2. The van der Waals surface area contributed by atoms with Gasteiger partial charge < -0.3 is 5.32 Å². The summed E-state index contributed by atoms with van der Waals surface area (Å²) in [5.41, 5.74) is 1.12. The zero-order valence-corrected chi connectivity index (χ0v) is 10.4. The van der Waals surface area contributed by atoms with Crippen LogP contribution in [0, 0.1) is 24.1 Å². The Morgan fingerprint density at radius 3 is 2.95 bits per heavy atom. The minimum atomic E-state index is -0.493. The van der Waals surface area contributed by atoms with Crippen LogP contribution in [0.25, 0.3) is 0 Å². The van der Waals surface area contributed by atoms with Gasteiger partial charge in [-0.1, -0.05) is 6.07 Å². The van der Waals surface area contributed by atoms with Crippen LogP contribution in [-0.4, -0.2) is 15.7 Å².